The first-order chi connectivity index (χ1) is 12.6. The van der Waals surface area contributed by atoms with Gasteiger partial charge in [-0.1, -0.05) is 99.1 Å². The van der Waals surface area contributed by atoms with Crippen LogP contribution in [0, 0.1) is 30.6 Å². The Bertz CT molecular complexity index is 821. The topological polar surface area (TPSA) is 17.1 Å². The molecule has 3 rings (SSSR count). The highest BCUT2D eigenvalue weighted by Crippen LogP contribution is 2.73. The molecule has 0 radical (unpaired) electrons. The van der Waals surface area contributed by atoms with E-state index in [9.17, 15) is 4.79 Å². The van der Waals surface area contributed by atoms with Crippen molar-refractivity contribution >= 4 is 22.5 Å². The van der Waals surface area contributed by atoms with Crippen LogP contribution >= 0.6 is 11.8 Å². The van der Waals surface area contributed by atoms with Crippen molar-refractivity contribution in [2.75, 3.05) is 0 Å². The predicted octanol–water partition coefficient (Wildman–Crippen LogP) is 7.02. The molecule has 0 atom stereocenters. The standard InChI is InChI=1S/C25H30OS/c1-16-8-12-19(13-9-16)21(20-14-10-17(2)11-15-20)22(27-18(3)26)23-24(4,5)25(23,6)7/h8-15,23H,1-7H3. The second kappa shape index (κ2) is 6.98. The van der Waals surface area contributed by atoms with Gasteiger partial charge < -0.3 is 0 Å². The summed E-state index contributed by atoms with van der Waals surface area (Å²) < 4.78 is 0. The molecule has 0 unspecified atom stereocenters. The van der Waals surface area contributed by atoms with E-state index < -0.39 is 0 Å². The smallest absolute Gasteiger partial charge is 0.190 e. The van der Waals surface area contributed by atoms with E-state index in [0.29, 0.717) is 5.92 Å². The van der Waals surface area contributed by atoms with Crippen LogP contribution in [-0.4, -0.2) is 5.12 Å². The Hall–Kier alpha value is -1.80. The zero-order chi connectivity index (χ0) is 20.0. The lowest BCUT2D eigenvalue weighted by molar-refractivity contribution is -0.109. The molecule has 0 aliphatic heterocycles. The summed E-state index contributed by atoms with van der Waals surface area (Å²) in [6, 6.07) is 17.4. The van der Waals surface area contributed by atoms with Gasteiger partial charge in [0.25, 0.3) is 0 Å². The maximum Gasteiger partial charge on any atom is 0.190 e. The number of hydrogen-bond acceptors (Lipinski definition) is 2. The van der Waals surface area contributed by atoms with Crippen molar-refractivity contribution in [3.05, 3.63) is 75.7 Å². The fraction of sp³-hybridized carbons (Fsp3) is 0.400. The van der Waals surface area contributed by atoms with Gasteiger partial charge in [0.05, 0.1) is 0 Å². The van der Waals surface area contributed by atoms with Crippen molar-refractivity contribution in [1.29, 1.82) is 0 Å². The zero-order valence-corrected chi connectivity index (χ0v) is 18.3. The van der Waals surface area contributed by atoms with Crippen LogP contribution in [0.3, 0.4) is 0 Å². The van der Waals surface area contributed by atoms with Gasteiger partial charge in [0.15, 0.2) is 5.12 Å². The lowest BCUT2D eigenvalue weighted by Gasteiger charge is -2.18. The number of benzene rings is 2. The van der Waals surface area contributed by atoms with Gasteiger partial charge in [0, 0.05) is 17.7 Å². The molecule has 0 N–H and O–H groups in total. The van der Waals surface area contributed by atoms with Gasteiger partial charge in [-0.15, -0.1) is 0 Å². The van der Waals surface area contributed by atoms with Crippen LogP contribution in [0.15, 0.2) is 53.4 Å². The number of carbonyl (C=O) groups excluding carboxylic acids is 1. The molecule has 1 saturated carbocycles. The molecule has 0 amide bonds. The van der Waals surface area contributed by atoms with E-state index in [4.69, 9.17) is 0 Å². The predicted molar refractivity (Wildman–Crippen MR) is 118 cm³/mol. The van der Waals surface area contributed by atoms with Crippen LogP contribution in [0.4, 0.5) is 0 Å². The van der Waals surface area contributed by atoms with Gasteiger partial charge in [-0.2, -0.15) is 0 Å². The molecule has 1 aliphatic carbocycles. The molecule has 142 valence electrons. The van der Waals surface area contributed by atoms with E-state index in [1.165, 1.54) is 44.5 Å². The van der Waals surface area contributed by atoms with Crippen LogP contribution in [0.5, 0.6) is 0 Å². The molecule has 27 heavy (non-hydrogen) atoms. The summed E-state index contributed by atoms with van der Waals surface area (Å²) in [5.41, 5.74) is 6.42. The summed E-state index contributed by atoms with van der Waals surface area (Å²) >= 11 is 1.42. The van der Waals surface area contributed by atoms with Crippen molar-refractivity contribution in [3.8, 4) is 0 Å². The minimum absolute atomic E-state index is 0.153. The number of allylic oxidation sites excluding steroid dienone is 1. The minimum Gasteiger partial charge on any atom is -0.287 e. The Morgan fingerprint density at radius 1 is 0.778 bits per heavy atom. The summed E-state index contributed by atoms with van der Waals surface area (Å²) in [7, 11) is 0. The van der Waals surface area contributed by atoms with Crippen LogP contribution < -0.4 is 0 Å². The quantitative estimate of drug-likeness (QED) is 0.568. The fourth-order valence-electron chi connectivity index (χ4n) is 4.15. The van der Waals surface area contributed by atoms with E-state index in [0.717, 1.165) is 0 Å². The number of carbonyl (C=O) groups is 1. The highest BCUT2D eigenvalue weighted by atomic mass is 32.2. The molecule has 0 saturated heterocycles. The third-order valence-electron chi connectivity index (χ3n) is 6.46. The van der Waals surface area contributed by atoms with Crippen molar-refractivity contribution in [2.24, 2.45) is 16.7 Å². The number of aryl methyl sites for hydroxylation is 2. The molecule has 0 spiro atoms. The maximum absolute atomic E-state index is 12.2. The fourth-order valence-corrected chi connectivity index (χ4v) is 5.51. The molecule has 2 aromatic carbocycles. The van der Waals surface area contributed by atoms with E-state index in [2.05, 4.69) is 90.1 Å². The largest absolute Gasteiger partial charge is 0.287 e. The monoisotopic (exact) mass is 378 g/mol. The molecular formula is C25H30OS. The highest BCUT2D eigenvalue weighted by Gasteiger charge is 2.66. The Morgan fingerprint density at radius 3 is 1.44 bits per heavy atom. The Morgan fingerprint density at radius 2 is 1.15 bits per heavy atom. The molecule has 2 heteroatoms. The van der Waals surface area contributed by atoms with Crippen LogP contribution in [-0.2, 0) is 4.79 Å². The van der Waals surface area contributed by atoms with E-state index in [-0.39, 0.29) is 15.9 Å². The zero-order valence-electron chi connectivity index (χ0n) is 17.5. The average Bonchev–Trinajstić information content (AvgIpc) is 2.99. The third-order valence-corrected chi connectivity index (χ3v) is 7.41. The van der Waals surface area contributed by atoms with Gasteiger partial charge in [-0.25, -0.2) is 0 Å². The van der Waals surface area contributed by atoms with Crippen molar-refractivity contribution in [1.82, 2.24) is 0 Å². The summed E-state index contributed by atoms with van der Waals surface area (Å²) in [4.78, 5) is 13.4. The van der Waals surface area contributed by atoms with Crippen LogP contribution in [0.1, 0.15) is 56.9 Å². The molecule has 1 aliphatic rings. The normalized spacial score (nSPS) is 17.4. The van der Waals surface area contributed by atoms with Gasteiger partial charge >= 0.3 is 0 Å². The SMILES string of the molecule is CC(=O)SC(=C(c1ccc(C)cc1)c1ccc(C)cc1)C1C(C)(C)C1(C)C. The lowest BCUT2D eigenvalue weighted by atomic mass is 9.93. The van der Waals surface area contributed by atoms with E-state index in [1.807, 2.05) is 0 Å². The van der Waals surface area contributed by atoms with Gasteiger partial charge in [0.1, 0.15) is 0 Å². The second-order valence-corrected chi connectivity index (χ2v) is 10.2. The van der Waals surface area contributed by atoms with Crippen molar-refractivity contribution < 1.29 is 4.79 Å². The summed E-state index contributed by atoms with van der Waals surface area (Å²) in [6.45, 7) is 15.2. The minimum atomic E-state index is 0.153. The van der Waals surface area contributed by atoms with Gasteiger partial charge in [0.2, 0.25) is 0 Å². The molecule has 0 aromatic heterocycles. The number of rotatable bonds is 4. The second-order valence-electron chi connectivity index (χ2n) is 8.94. The van der Waals surface area contributed by atoms with Gasteiger partial charge in [-0.3, -0.25) is 4.79 Å². The summed E-state index contributed by atoms with van der Waals surface area (Å²) in [6.07, 6.45) is 0. The van der Waals surface area contributed by atoms with Gasteiger partial charge in [-0.05, 0) is 41.4 Å². The van der Waals surface area contributed by atoms with Crippen molar-refractivity contribution in [3.63, 3.8) is 0 Å². The average molecular weight is 379 g/mol. The molecule has 1 fully saturated rings. The Balaban J connectivity index is 2.28. The Labute approximate surface area is 168 Å². The lowest BCUT2D eigenvalue weighted by Crippen LogP contribution is -2.01. The van der Waals surface area contributed by atoms with E-state index in [1.54, 1.807) is 6.92 Å². The van der Waals surface area contributed by atoms with Crippen LogP contribution in [0.2, 0.25) is 0 Å². The maximum atomic E-state index is 12.2. The van der Waals surface area contributed by atoms with E-state index >= 15 is 0 Å². The first-order valence-corrected chi connectivity index (χ1v) is 10.4. The summed E-state index contributed by atoms with van der Waals surface area (Å²) in [5.74, 6) is 0.372. The molecule has 0 heterocycles. The third kappa shape index (κ3) is 3.65. The van der Waals surface area contributed by atoms with Crippen molar-refractivity contribution in [2.45, 2.75) is 48.5 Å². The molecule has 1 nitrogen and oxygen atoms in total. The molecule has 2 aromatic rings. The first kappa shape index (κ1) is 19.9. The number of hydrogen-bond donors (Lipinski definition) is 0. The molecular weight excluding hydrogens is 348 g/mol. The Kier molecular flexibility index (Phi) is 5.16. The molecule has 0 bridgehead atoms. The highest BCUT2D eigenvalue weighted by molar-refractivity contribution is 8.17. The first-order valence-electron chi connectivity index (χ1n) is 9.62. The summed E-state index contributed by atoms with van der Waals surface area (Å²) in [5, 5.41) is 0.153. The van der Waals surface area contributed by atoms with Crippen LogP contribution in [0.25, 0.3) is 5.57 Å². The number of thioether (sulfide) groups is 1.